The number of hydrogen-bond donors (Lipinski definition) is 1. The predicted molar refractivity (Wildman–Crippen MR) is 70.6 cm³/mol. The summed E-state index contributed by atoms with van der Waals surface area (Å²) >= 11 is 5.18. The predicted octanol–water partition coefficient (Wildman–Crippen LogP) is 2.85. The summed E-state index contributed by atoms with van der Waals surface area (Å²) in [5, 5.41) is 8.55. The van der Waals surface area contributed by atoms with Crippen molar-refractivity contribution in [1.82, 2.24) is 9.78 Å². The van der Waals surface area contributed by atoms with Gasteiger partial charge in [0.05, 0.1) is 11.7 Å². The maximum atomic E-state index is 6.27. The van der Waals surface area contributed by atoms with Crippen molar-refractivity contribution in [2.75, 3.05) is 0 Å². The molecule has 86 valence electrons. The zero-order valence-electron chi connectivity index (χ0n) is 9.27. The van der Waals surface area contributed by atoms with Gasteiger partial charge in [-0.25, -0.2) is 0 Å². The molecule has 5 heteroatoms. The van der Waals surface area contributed by atoms with Gasteiger partial charge in [-0.2, -0.15) is 16.4 Å². The van der Waals surface area contributed by atoms with Crippen LogP contribution in [-0.2, 0) is 13.5 Å². The monoisotopic (exact) mass is 299 g/mol. The Bertz CT molecular complexity index is 489. The Morgan fingerprint density at radius 1 is 1.50 bits per heavy atom. The van der Waals surface area contributed by atoms with Crippen LogP contribution in [0.3, 0.4) is 0 Å². The summed E-state index contributed by atoms with van der Waals surface area (Å²) in [6.45, 7) is 2.10. The van der Waals surface area contributed by atoms with Crippen LogP contribution in [0.2, 0.25) is 0 Å². The molecule has 0 aliphatic heterocycles. The van der Waals surface area contributed by atoms with E-state index in [9.17, 15) is 0 Å². The van der Waals surface area contributed by atoms with Gasteiger partial charge in [0.2, 0.25) is 0 Å². The van der Waals surface area contributed by atoms with E-state index in [4.69, 9.17) is 5.73 Å². The maximum Gasteiger partial charge on any atom is 0.0672 e. The molecule has 0 amide bonds. The summed E-state index contributed by atoms with van der Waals surface area (Å²) in [4.78, 5) is 0. The third-order valence-corrected chi connectivity index (χ3v) is 4.34. The topological polar surface area (TPSA) is 43.8 Å². The van der Waals surface area contributed by atoms with Crippen molar-refractivity contribution in [2.24, 2.45) is 12.8 Å². The van der Waals surface area contributed by atoms with Crippen molar-refractivity contribution < 1.29 is 0 Å². The Morgan fingerprint density at radius 2 is 2.25 bits per heavy atom. The van der Waals surface area contributed by atoms with Crippen molar-refractivity contribution >= 4 is 27.3 Å². The second-order valence-corrected chi connectivity index (χ2v) is 5.31. The van der Waals surface area contributed by atoms with Gasteiger partial charge in [-0.3, -0.25) is 4.68 Å². The molecule has 0 aromatic carbocycles. The normalized spacial score (nSPS) is 13.0. The Kier molecular flexibility index (Phi) is 3.47. The lowest BCUT2D eigenvalue weighted by molar-refractivity contribution is 0.746. The van der Waals surface area contributed by atoms with Crippen molar-refractivity contribution in [1.29, 1.82) is 0 Å². The van der Waals surface area contributed by atoms with Gasteiger partial charge in [0.1, 0.15) is 0 Å². The molecule has 0 saturated heterocycles. The lowest BCUT2D eigenvalue weighted by atomic mass is 10.0. The zero-order chi connectivity index (χ0) is 11.7. The number of aromatic nitrogens is 2. The lowest BCUT2D eigenvalue weighted by Gasteiger charge is -2.10. The van der Waals surface area contributed by atoms with Crippen LogP contribution < -0.4 is 5.73 Å². The fourth-order valence-corrected chi connectivity index (χ4v) is 3.35. The Hall–Kier alpha value is -0.650. The summed E-state index contributed by atoms with van der Waals surface area (Å²) in [6.07, 6.45) is 2.92. The summed E-state index contributed by atoms with van der Waals surface area (Å²) in [6, 6.07) is -0.0933. The quantitative estimate of drug-likeness (QED) is 0.947. The summed E-state index contributed by atoms with van der Waals surface area (Å²) in [7, 11) is 1.93. The van der Waals surface area contributed by atoms with Crippen LogP contribution in [0.15, 0.2) is 21.4 Å². The molecule has 2 aromatic rings. The molecule has 16 heavy (non-hydrogen) atoms. The molecule has 0 aliphatic carbocycles. The number of rotatable bonds is 3. The van der Waals surface area contributed by atoms with Crippen LogP contribution in [0.5, 0.6) is 0 Å². The van der Waals surface area contributed by atoms with Crippen LogP contribution in [0.1, 0.15) is 29.8 Å². The van der Waals surface area contributed by atoms with Gasteiger partial charge in [-0.15, -0.1) is 0 Å². The molecule has 1 unspecified atom stereocenters. The average molecular weight is 300 g/mol. The van der Waals surface area contributed by atoms with Gasteiger partial charge in [0.15, 0.2) is 0 Å². The van der Waals surface area contributed by atoms with Gasteiger partial charge in [0.25, 0.3) is 0 Å². The first kappa shape index (κ1) is 11.8. The first-order chi connectivity index (χ1) is 7.63. The number of nitrogens with two attached hydrogens (primary N) is 1. The molecule has 0 radical (unpaired) electrons. The number of aryl methyl sites for hydroxylation is 2. The van der Waals surface area contributed by atoms with E-state index in [-0.39, 0.29) is 6.04 Å². The van der Waals surface area contributed by atoms with Crippen LogP contribution in [-0.4, -0.2) is 9.78 Å². The van der Waals surface area contributed by atoms with E-state index in [1.165, 1.54) is 0 Å². The molecule has 2 N–H and O–H groups in total. The molecule has 2 aromatic heterocycles. The van der Waals surface area contributed by atoms with Gasteiger partial charge < -0.3 is 5.73 Å². The van der Waals surface area contributed by atoms with E-state index in [0.717, 1.165) is 27.7 Å². The minimum atomic E-state index is -0.0933. The standard InChI is InChI=1S/C11H14BrN3S/c1-3-10-7(4-15(2)14-10)11(13)8-5-16-6-9(8)12/h4-6,11H,3,13H2,1-2H3. The SMILES string of the molecule is CCc1nn(C)cc1C(N)c1cscc1Br. The first-order valence-corrected chi connectivity index (χ1v) is 6.86. The van der Waals surface area contributed by atoms with Crippen LogP contribution >= 0.6 is 27.3 Å². The van der Waals surface area contributed by atoms with Crippen molar-refractivity contribution in [3.63, 3.8) is 0 Å². The third kappa shape index (κ3) is 2.07. The smallest absolute Gasteiger partial charge is 0.0672 e. The highest BCUT2D eigenvalue weighted by molar-refractivity contribution is 9.10. The van der Waals surface area contributed by atoms with Gasteiger partial charge in [-0.1, -0.05) is 6.92 Å². The molecular weight excluding hydrogens is 286 g/mol. The van der Waals surface area contributed by atoms with Crippen LogP contribution in [0.25, 0.3) is 0 Å². The van der Waals surface area contributed by atoms with Crippen LogP contribution in [0.4, 0.5) is 0 Å². The molecule has 3 nitrogen and oxygen atoms in total. The largest absolute Gasteiger partial charge is 0.320 e. The fraction of sp³-hybridized carbons (Fsp3) is 0.364. The minimum Gasteiger partial charge on any atom is -0.320 e. The van der Waals surface area contributed by atoms with E-state index in [1.807, 2.05) is 17.9 Å². The van der Waals surface area contributed by atoms with E-state index >= 15 is 0 Å². The molecule has 0 fully saturated rings. The highest BCUT2D eigenvalue weighted by Crippen LogP contribution is 2.31. The molecule has 1 atom stereocenters. The highest BCUT2D eigenvalue weighted by Gasteiger charge is 2.18. The zero-order valence-corrected chi connectivity index (χ0v) is 11.7. The van der Waals surface area contributed by atoms with Gasteiger partial charge in [0, 0.05) is 28.7 Å². The van der Waals surface area contributed by atoms with Crippen molar-refractivity contribution in [2.45, 2.75) is 19.4 Å². The van der Waals surface area contributed by atoms with Gasteiger partial charge >= 0.3 is 0 Å². The molecule has 0 bridgehead atoms. The Morgan fingerprint density at radius 3 is 2.81 bits per heavy atom. The van der Waals surface area contributed by atoms with E-state index in [1.54, 1.807) is 11.3 Å². The second-order valence-electron chi connectivity index (χ2n) is 3.71. The first-order valence-electron chi connectivity index (χ1n) is 5.13. The highest BCUT2D eigenvalue weighted by atomic mass is 79.9. The minimum absolute atomic E-state index is 0.0933. The molecule has 2 rings (SSSR count). The molecule has 0 aliphatic rings. The Balaban J connectivity index is 2.40. The average Bonchev–Trinajstić information content (AvgIpc) is 2.83. The maximum absolute atomic E-state index is 6.27. The van der Waals surface area contributed by atoms with Gasteiger partial charge in [-0.05, 0) is 33.3 Å². The van der Waals surface area contributed by atoms with E-state index < -0.39 is 0 Å². The lowest BCUT2D eigenvalue weighted by Crippen LogP contribution is -2.12. The number of hydrogen-bond acceptors (Lipinski definition) is 3. The van der Waals surface area contributed by atoms with Crippen LogP contribution in [0, 0.1) is 0 Å². The summed E-state index contributed by atoms with van der Waals surface area (Å²) in [5.41, 5.74) is 9.60. The van der Waals surface area contributed by atoms with Crippen molar-refractivity contribution in [3.05, 3.63) is 38.3 Å². The molecule has 0 saturated carbocycles. The molecule has 2 heterocycles. The number of halogens is 1. The number of thiophene rings is 1. The fourth-order valence-electron chi connectivity index (χ4n) is 1.77. The van der Waals surface area contributed by atoms with E-state index in [0.29, 0.717) is 0 Å². The van der Waals surface area contributed by atoms with E-state index in [2.05, 4.69) is 38.7 Å². The summed E-state index contributed by atoms with van der Waals surface area (Å²) < 4.78 is 2.91. The third-order valence-electron chi connectivity index (χ3n) is 2.58. The molecule has 0 spiro atoms. The second kappa shape index (κ2) is 4.69. The van der Waals surface area contributed by atoms with Crippen molar-refractivity contribution in [3.8, 4) is 0 Å². The molecular formula is C11H14BrN3S. The summed E-state index contributed by atoms with van der Waals surface area (Å²) in [5.74, 6) is 0. The Labute approximate surface area is 107 Å². The number of nitrogens with zero attached hydrogens (tertiary/aromatic N) is 2.